The van der Waals surface area contributed by atoms with Crippen LogP contribution in [-0.4, -0.2) is 55.6 Å². The average molecular weight is 539 g/mol. The third-order valence-corrected chi connectivity index (χ3v) is 5.07. The van der Waals surface area contributed by atoms with E-state index in [0.717, 1.165) is 11.6 Å². The summed E-state index contributed by atoms with van der Waals surface area (Å²) in [5.74, 6) is -0.892. The second-order valence-electron chi connectivity index (χ2n) is 7.86. The number of aliphatic carboxylic acids is 1. The van der Waals surface area contributed by atoms with Crippen LogP contribution in [0.15, 0.2) is 59.5 Å². The molecule has 0 radical (unpaired) electrons. The molecule has 0 saturated heterocycles. The first-order valence-electron chi connectivity index (χ1n) is 11.5. The smallest absolute Gasteiger partial charge is 0.349 e. The molecule has 13 nitrogen and oxygen atoms in total. The molecule has 0 aliphatic rings. The summed E-state index contributed by atoms with van der Waals surface area (Å²) in [5, 5.41) is 30.2. The summed E-state index contributed by atoms with van der Waals surface area (Å²) in [5.41, 5.74) is 6.18. The number of nitrogens with one attached hydrogen (secondary N) is 3. The van der Waals surface area contributed by atoms with E-state index in [4.69, 9.17) is 30.5 Å². The number of hydrogen-bond donors (Lipinski definition) is 5. The number of methoxy groups -OCH3 is 1. The zero-order valence-corrected chi connectivity index (χ0v) is 21.3. The number of anilines is 1. The van der Waals surface area contributed by atoms with Crippen molar-refractivity contribution in [3.8, 4) is 17.3 Å². The number of carboxylic acids is 1. The maximum atomic E-state index is 15.5. The van der Waals surface area contributed by atoms with Gasteiger partial charge in [0.2, 0.25) is 0 Å². The Morgan fingerprint density at radius 2 is 1.97 bits per heavy atom. The molecule has 6 N–H and O–H groups in total. The number of benzene rings is 2. The van der Waals surface area contributed by atoms with Gasteiger partial charge in [0.25, 0.3) is 5.97 Å². The Hall–Kier alpha value is -5.27. The number of carboxylic acid groups (broad SMARTS) is 1. The van der Waals surface area contributed by atoms with Crippen LogP contribution < -0.4 is 26.2 Å². The fraction of sp³-hybridized carbons (Fsp3) is 0.200. The van der Waals surface area contributed by atoms with Gasteiger partial charge in [0.05, 0.1) is 13.7 Å². The number of ether oxygens (including phenoxy) is 2. The number of amidine groups is 1. The van der Waals surface area contributed by atoms with E-state index in [1.165, 1.54) is 25.4 Å². The molecule has 0 saturated carbocycles. The second-order valence-corrected chi connectivity index (χ2v) is 7.86. The van der Waals surface area contributed by atoms with Crippen molar-refractivity contribution in [2.45, 2.75) is 19.9 Å². The zero-order valence-electron chi connectivity index (χ0n) is 21.3. The van der Waals surface area contributed by atoms with Crippen molar-refractivity contribution < 1.29 is 23.8 Å². The first-order valence-corrected chi connectivity index (χ1v) is 11.5. The molecule has 4 aromatic rings. The van der Waals surface area contributed by atoms with E-state index >= 15 is 4.39 Å². The van der Waals surface area contributed by atoms with Gasteiger partial charge in [-0.15, -0.1) is 10.2 Å². The van der Waals surface area contributed by atoms with E-state index < -0.39 is 23.5 Å². The average Bonchev–Trinajstić information content (AvgIpc) is 3.30. The van der Waals surface area contributed by atoms with E-state index in [2.05, 4.69) is 25.6 Å². The summed E-state index contributed by atoms with van der Waals surface area (Å²) in [7, 11) is 1.35. The van der Waals surface area contributed by atoms with Crippen LogP contribution in [0, 0.1) is 11.2 Å². The summed E-state index contributed by atoms with van der Waals surface area (Å²) in [6.45, 7) is 3.25. The SMILES string of the molecule is CC(=O)O.CCOc1cc(OC)c(F)c(C(Nc2ccc(C(=N)N)cc2)c2nn(-c3cccnn3)c(=O)[nH]2)c1. The van der Waals surface area contributed by atoms with Crippen LogP contribution in [-0.2, 0) is 4.79 Å². The van der Waals surface area contributed by atoms with Crippen LogP contribution in [0.2, 0.25) is 0 Å². The Kier molecular flexibility index (Phi) is 9.29. The number of carbonyl (C=O) groups is 1. The van der Waals surface area contributed by atoms with Gasteiger partial charge in [0, 0.05) is 36.0 Å². The van der Waals surface area contributed by atoms with Crippen LogP contribution in [0.3, 0.4) is 0 Å². The summed E-state index contributed by atoms with van der Waals surface area (Å²) in [6.07, 6.45) is 1.47. The highest BCUT2D eigenvalue weighted by molar-refractivity contribution is 5.95. The van der Waals surface area contributed by atoms with Crippen molar-refractivity contribution in [1.29, 1.82) is 5.41 Å². The minimum Gasteiger partial charge on any atom is -0.494 e. The van der Waals surface area contributed by atoms with Crippen molar-refractivity contribution in [2.24, 2.45) is 5.73 Å². The third kappa shape index (κ3) is 7.15. The molecule has 39 heavy (non-hydrogen) atoms. The van der Waals surface area contributed by atoms with Crippen molar-refractivity contribution in [1.82, 2.24) is 25.0 Å². The molecule has 1 unspecified atom stereocenters. The molecule has 1 atom stereocenters. The Morgan fingerprint density at radius 3 is 2.54 bits per heavy atom. The number of rotatable bonds is 9. The van der Waals surface area contributed by atoms with Gasteiger partial charge < -0.3 is 25.6 Å². The molecule has 2 aromatic carbocycles. The monoisotopic (exact) mass is 538 g/mol. The van der Waals surface area contributed by atoms with Gasteiger partial charge in [-0.2, -0.15) is 9.78 Å². The van der Waals surface area contributed by atoms with E-state index in [0.29, 0.717) is 23.6 Å². The number of nitrogens with two attached hydrogens (primary N) is 1. The van der Waals surface area contributed by atoms with Crippen LogP contribution in [0.5, 0.6) is 11.5 Å². The van der Waals surface area contributed by atoms with Gasteiger partial charge in [-0.3, -0.25) is 15.2 Å². The highest BCUT2D eigenvalue weighted by Gasteiger charge is 2.26. The highest BCUT2D eigenvalue weighted by atomic mass is 19.1. The quantitative estimate of drug-likeness (QED) is 0.156. The summed E-state index contributed by atoms with van der Waals surface area (Å²) in [4.78, 5) is 24.4. The lowest BCUT2D eigenvalue weighted by Gasteiger charge is -2.21. The molecular formula is C25H27FN8O5. The third-order valence-electron chi connectivity index (χ3n) is 5.07. The maximum absolute atomic E-state index is 15.5. The molecule has 0 amide bonds. The lowest BCUT2D eigenvalue weighted by molar-refractivity contribution is -0.134. The van der Waals surface area contributed by atoms with Crippen LogP contribution >= 0.6 is 0 Å². The fourth-order valence-corrected chi connectivity index (χ4v) is 3.44. The predicted octanol–water partition coefficient (Wildman–Crippen LogP) is 2.47. The maximum Gasteiger partial charge on any atom is 0.349 e. The first-order chi connectivity index (χ1) is 18.6. The normalized spacial score (nSPS) is 11.1. The molecule has 0 aliphatic carbocycles. The van der Waals surface area contributed by atoms with E-state index in [1.807, 2.05) is 6.92 Å². The van der Waals surface area contributed by atoms with E-state index in [1.54, 1.807) is 36.4 Å². The molecular weight excluding hydrogens is 511 g/mol. The van der Waals surface area contributed by atoms with E-state index in [9.17, 15) is 4.79 Å². The summed E-state index contributed by atoms with van der Waals surface area (Å²) in [6, 6.07) is 11.9. The first kappa shape index (κ1) is 28.3. The number of halogens is 1. The lowest BCUT2D eigenvalue weighted by Crippen LogP contribution is -2.18. The number of nitrogens with zero attached hydrogens (tertiary/aromatic N) is 4. The molecule has 0 fully saturated rings. The molecule has 204 valence electrons. The zero-order chi connectivity index (χ0) is 28.5. The molecule has 2 heterocycles. The fourth-order valence-electron chi connectivity index (χ4n) is 3.44. The molecule has 14 heteroatoms. The molecule has 0 aliphatic heterocycles. The van der Waals surface area contributed by atoms with Crippen molar-refractivity contribution in [3.05, 3.63) is 88.0 Å². The number of nitrogen functional groups attached to an aromatic ring is 1. The summed E-state index contributed by atoms with van der Waals surface area (Å²) >= 11 is 0. The Labute approximate surface area is 221 Å². The molecule has 2 aromatic heterocycles. The van der Waals surface area contributed by atoms with E-state index in [-0.39, 0.29) is 28.8 Å². The minimum absolute atomic E-state index is 0.0274. The number of aromatic nitrogens is 5. The van der Waals surface area contributed by atoms with Crippen molar-refractivity contribution in [2.75, 3.05) is 19.0 Å². The topological polar surface area (TPSA) is 194 Å². The molecule has 4 rings (SSSR count). The van der Waals surface area contributed by atoms with Crippen LogP contribution in [0.1, 0.15) is 36.8 Å². The van der Waals surface area contributed by atoms with Gasteiger partial charge in [-0.25, -0.2) is 9.18 Å². The van der Waals surface area contributed by atoms with Crippen molar-refractivity contribution in [3.63, 3.8) is 0 Å². The highest BCUT2D eigenvalue weighted by Crippen LogP contribution is 2.34. The minimum atomic E-state index is -0.960. The van der Waals surface area contributed by atoms with Gasteiger partial charge in [0.15, 0.2) is 23.2 Å². The van der Waals surface area contributed by atoms with Gasteiger partial charge in [-0.05, 0) is 49.4 Å². The summed E-state index contributed by atoms with van der Waals surface area (Å²) < 4.78 is 27.4. The van der Waals surface area contributed by atoms with Gasteiger partial charge in [-0.1, -0.05) is 0 Å². The lowest BCUT2D eigenvalue weighted by atomic mass is 10.0. The molecule has 0 bridgehead atoms. The van der Waals surface area contributed by atoms with Crippen LogP contribution in [0.25, 0.3) is 5.82 Å². The van der Waals surface area contributed by atoms with Crippen LogP contribution in [0.4, 0.5) is 10.1 Å². The molecule has 0 spiro atoms. The Morgan fingerprint density at radius 1 is 1.28 bits per heavy atom. The largest absolute Gasteiger partial charge is 0.494 e. The Bertz CT molecular complexity index is 1480. The number of aromatic amines is 1. The number of H-pyrrole nitrogens is 1. The van der Waals surface area contributed by atoms with Crippen molar-refractivity contribution >= 4 is 17.5 Å². The number of hydrogen-bond acceptors (Lipinski definition) is 9. The predicted molar refractivity (Wildman–Crippen MR) is 140 cm³/mol. The second kappa shape index (κ2) is 12.8. The Balaban J connectivity index is 0.000000983. The standard InChI is InChI=1S/C23H23FN8O3.C2H4O2/c1-3-35-15-11-16(19(24)17(12-15)34-2)20(28-14-8-6-13(7-9-14)21(25)26)22-29-23(33)32(31-22)18-5-4-10-27-30-18;1-2(3)4/h4-12,20,28H,3H2,1-2H3,(H3,25,26)(H,29,31,33);1H3,(H,3,4). The van der Waals surface area contributed by atoms with Gasteiger partial charge >= 0.3 is 5.69 Å². The van der Waals surface area contributed by atoms with Gasteiger partial charge in [0.1, 0.15) is 17.6 Å².